The average molecular weight is 394 g/mol. The zero-order chi connectivity index (χ0) is 19.1. The maximum Gasteiger partial charge on any atom is 0.417 e. The van der Waals surface area contributed by atoms with Gasteiger partial charge in [-0.2, -0.15) is 26.3 Å². The van der Waals surface area contributed by atoms with Crippen molar-refractivity contribution in [2.75, 3.05) is 0 Å². The standard InChI is InChI=1S/C15H6ClF6N3O/c16-10-5-7(14(17,18)19)6-23-11(10)13-25-24-12(26-13)8-3-1-2-4-9(8)15(20,21)22/h1-6H. The Morgan fingerprint density at radius 3 is 2.15 bits per heavy atom. The first kappa shape index (κ1) is 18.2. The summed E-state index contributed by atoms with van der Waals surface area (Å²) < 4.78 is 82.2. The molecule has 3 rings (SSSR count). The van der Waals surface area contributed by atoms with Gasteiger partial charge in [-0.05, 0) is 18.2 Å². The van der Waals surface area contributed by atoms with E-state index in [9.17, 15) is 26.3 Å². The van der Waals surface area contributed by atoms with E-state index in [-0.39, 0.29) is 11.3 Å². The zero-order valence-corrected chi connectivity index (χ0v) is 13.1. The van der Waals surface area contributed by atoms with E-state index >= 15 is 0 Å². The summed E-state index contributed by atoms with van der Waals surface area (Å²) in [6.45, 7) is 0. The van der Waals surface area contributed by atoms with Gasteiger partial charge in [-0.3, -0.25) is 0 Å². The van der Waals surface area contributed by atoms with E-state index in [1.165, 1.54) is 12.1 Å². The van der Waals surface area contributed by atoms with E-state index in [1.807, 2.05) is 0 Å². The molecule has 0 atom stereocenters. The van der Waals surface area contributed by atoms with Crippen molar-refractivity contribution in [2.45, 2.75) is 12.4 Å². The third-order valence-electron chi connectivity index (χ3n) is 3.26. The van der Waals surface area contributed by atoms with Crippen molar-refractivity contribution in [3.8, 4) is 23.0 Å². The molecule has 4 nitrogen and oxygen atoms in total. The van der Waals surface area contributed by atoms with Crippen LogP contribution in [0.25, 0.3) is 23.0 Å². The molecular formula is C15H6ClF6N3O. The number of pyridine rings is 1. The summed E-state index contributed by atoms with van der Waals surface area (Å²) >= 11 is 5.76. The van der Waals surface area contributed by atoms with Crippen LogP contribution in [0.2, 0.25) is 5.02 Å². The minimum atomic E-state index is -4.66. The van der Waals surface area contributed by atoms with Crippen LogP contribution in [-0.2, 0) is 12.4 Å². The number of rotatable bonds is 2. The summed E-state index contributed by atoms with van der Waals surface area (Å²) in [5.41, 5.74) is -2.74. The van der Waals surface area contributed by atoms with E-state index in [2.05, 4.69) is 15.2 Å². The van der Waals surface area contributed by atoms with Crippen molar-refractivity contribution < 1.29 is 30.8 Å². The lowest BCUT2D eigenvalue weighted by Gasteiger charge is -2.09. The Kier molecular flexibility index (Phi) is 4.39. The van der Waals surface area contributed by atoms with Gasteiger partial charge in [0.2, 0.25) is 5.89 Å². The van der Waals surface area contributed by atoms with Crippen LogP contribution < -0.4 is 0 Å². The van der Waals surface area contributed by atoms with Crippen molar-refractivity contribution >= 4 is 11.6 Å². The van der Waals surface area contributed by atoms with Crippen LogP contribution >= 0.6 is 11.6 Å². The van der Waals surface area contributed by atoms with Gasteiger partial charge in [0.1, 0.15) is 5.69 Å². The van der Waals surface area contributed by atoms with Crippen molar-refractivity contribution in [2.24, 2.45) is 0 Å². The maximum absolute atomic E-state index is 13.1. The van der Waals surface area contributed by atoms with Gasteiger partial charge in [0.05, 0.1) is 21.7 Å². The van der Waals surface area contributed by atoms with Crippen LogP contribution in [0.4, 0.5) is 26.3 Å². The maximum atomic E-state index is 13.1. The molecule has 136 valence electrons. The molecule has 2 heterocycles. The molecule has 0 bridgehead atoms. The van der Waals surface area contributed by atoms with Crippen molar-refractivity contribution in [1.82, 2.24) is 15.2 Å². The summed E-state index contributed by atoms with van der Waals surface area (Å²) in [6.07, 6.45) is -8.80. The quantitative estimate of drug-likeness (QED) is 0.540. The molecule has 0 amide bonds. The van der Waals surface area contributed by atoms with Gasteiger partial charge >= 0.3 is 12.4 Å². The summed E-state index contributed by atoms with van der Waals surface area (Å²) in [4.78, 5) is 3.52. The van der Waals surface area contributed by atoms with E-state index in [4.69, 9.17) is 16.0 Å². The average Bonchev–Trinajstić information content (AvgIpc) is 3.02. The number of aromatic nitrogens is 3. The molecule has 3 aromatic rings. The predicted octanol–water partition coefficient (Wildman–Crippen LogP) is 5.49. The molecule has 0 radical (unpaired) electrons. The number of alkyl halides is 6. The van der Waals surface area contributed by atoms with Crippen LogP contribution in [0.1, 0.15) is 11.1 Å². The molecule has 0 saturated carbocycles. The highest BCUT2D eigenvalue weighted by Crippen LogP contribution is 2.38. The predicted molar refractivity (Wildman–Crippen MR) is 78.0 cm³/mol. The first-order chi connectivity index (χ1) is 12.1. The Bertz CT molecular complexity index is 951. The Labute approximate surface area is 146 Å². The van der Waals surface area contributed by atoms with Gasteiger partial charge in [-0.25, -0.2) is 4.98 Å². The molecule has 11 heteroatoms. The number of halogens is 7. The molecule has 0 spiro atoms. The summed E-state index contributed by atoms with van der Waals surface area (Å²) in [5.74, 6) is -0.874. The topological polar surface area (TPSA) is 51.8 Å². The molecular weight excluding hydrogens is 388 g/mol. The molecule has 0 fully saturated rings. The minimum Gasteiger partial charge on any atom is -0.415 e. The lowest BCUT2D eigenvalue weighted by molar-refractivity contribution is -0.138. The van der Waals surface area contributed by atoms with E-state index in [1.54, 1.807) is 0 Å². The summed E-state index contributed by atoms with van der Waals surface area (Å²) in [6, 6.07) is 5.11. The SMILES string of the molecule is FC(F)(F)c1cnc(-c2nnc(-c3ccccc3C(F)(F)F)o2)c(Cl)c1. The minimum absolute atomic E-state index is 0.275. The Morgan fingerprint density at radius 2 is 1.54 bits per heavy atom. The lowest BCUT2D eigenvalue weighted by Crippen LogP contribution is -2.06. The van der Waals surface area contributed by atoms with Crippen molar-refractivity contribution in [1.29, 1.82) is 0 Å². The third kappa shape index (κ3) is 3.50. The molecule has 0 saturated heterocycles. The van der Waals surface area contributed by atoms with Gasteiger partial charge in [-0.1, -0.05) is 23.7 Å². The van der Waals surface area contributed by atoms with Gasteiger partial charge in [0.25, 0.3) is 5.89 Å². The van der Waals surface area contributed by atoms with E-state index in [0.29, 0.717) is 12.3 Å². The largest absolute Gasteiger partial charge is 0.417 e. The second-order valence-electron chi connectivity index (χ2n) is 5.01. The van der Waals surface area contributed by atoms with Crippen LogP contribution in [0, 0.1) is 0 Å². The Balaban J connectivity index is 2.03. The number of benzene rings is 1. The lowest BCUT2D eigenvalue weighted by atomic mass is 10.1. The molecule has 0 N–H and O–H groups in total. The second-order valence-corrected chi connectivity index (χ2v) is 5.42. The van der Waals surface area contributed by atoms with Crippen LogP contribution in [0.5, 0.6) is 0 Å². The van der Waals surface area contributed by atoms with E-state index in [0.717, 1.165) is 12.1 Å². The first-order valence-electron chi connectivity index (χ1n) is 6.80. The van der Waals surface area contributed by atoms with Crippen molar-refractivity contribution in [3.63, 3.8) is 0 Å². The molecule has 26 heavy (non-hydrogen) atoms. The van der Waals surface area contributed by atoms with Gasteiger partial charge in [-0.15, -0.1) is 10.2 Å². The fourth-order valence-corrected chi connectivity index (χ4v) is 2.34. The molecule has 0 aliphatic rings. The molecule has 2 aromatic heterocycles. The summed E-state index contributed by atoms with van der Waals surface area (Å²) in [7, 11) is 0. The highest BCUT2D eigenvalue weighted by atomic mass is 35.5. The monoisotopic (exact) mass is 393 g/mol. The highest BCUT2D eigenvalue weighted by molar-refractivity contribution is 6.32. The molecule has 0 unspecified atom stereocenters. The Hall–Kier alpha value is -2.62. The normalized spacial score (nSPS) is 12.4. The fourth-order valence-electron chi connectivity index (χ4n) is 2.09. The fraction of sp³-hybridized carbons (Fsp3) is 0.133. The van der Waals surface area contributed by atoms with Crippen LogP contribution in [0.15, 0.2) is 40.9 Å². The molecule has 0 aliphatic heterocycles. The Morgan fingerprint density at radius 1 is 0.885 bits per heavy atom. The van der Waals surface area contributed by atoms with Crippen LogP contribution in [-0.4, -0.2) is 15.2 Å². The van der Waals surface area contributed by atoms with Gasteiger partial charge in [0, 0.05) is 6.20 Å². The molecule has 0 aliphatic carbocycles. The first-order valence-corrected chi connectivity index (χ1v) is 7.18. The smallest absolute Gasteiger partial charge is 0.415 e. The number of nitrogens with zero attached hydrogens (tertiary/aromatic N) is 3. The molecule has 1 aromatic carbocycles. The second kappa shape index (κ2) is 6.27. The zero-order valence-electron chi connectivity index (χ0n) is 12.4. The van der Waals surface area contributed by atoms with Crippen molar-refractivity contribution in [3.05, 3.63) is 52.7 Å². The summed E-state index contributed by atoms with van der Waals surface area (Å²) in [5, 5.41) is 6.61. The van der Waals surface area contributed by atoms with Gasteiger partial charge in [0.15, 0.2) is 0 Å². The van der Waals surface area contributed by atoms with Crippen LogP contribution in [0.3, 0.4) is 0 Å². The third-order valence-corrected chi connectivity index (χ3v) is 3.55. The highest BCUT2D eigenvalue weighted by Gasteiger charge is 2.35. The number of hydrogen-bond acceptors (Lipinski definition) is 4. The number of hydrogen-bond donors (Lipinski definition) is 0. The van der Waals surface area contributed by atoms with Gasteiger partial charge < -0.3 is 4.42 Å². The van der Waals surface area contributed by atoms with E-state index < -0.39 is 40.3 Å².